The van der Waals surface area contributed by atoms with Gasteiger partial charge in [0.25, 0.3) is 0 Å². The minimum atomic E-state index is -4.60. The summed E-state index contributed by atoms with van der Waals surface area (Å²) in [6, 6.07) is 0.513. The Kier molecular flexibility index (Phi) is 10.4. The summed E-state index contributed by atoms with van der Waals surface area (Å²) in [5, 5.41) is 11.4. The molecular formula is C20H29F3N3NaO2. The van der Waals surface area contributed by atoms with Gasteiger partial charge in [0.2, 0.25) is 0 Å². The minimum Gasteiger partial charge on any atom is -0.543 e. The fraction of sp³-hybridized carbons (Fsp3) is 0.700. The summed E-state index contributed by atoms with van der Waals surface area (Å²) in [7, 11) is 0. The van der Waals surface area contributed by atoms with Gasteiger partial charge in [-0.2, -0.15) is 13.2 Å². The molecule has 0 amide bonds. The molecule has 0 radical (unpaired) electrons. The normalized spacial score (nSPS) is 21.1. The quantitative estimate of drug-likeness (QED) is 0.442. The van der Waals surface area contributed by atoms with Crippen LogP contribution in [-0.2, 0) is 4.79 Å². The summed E-state index contributed by atoms with van der Waals surface area (Å²) in [4.78, 5) is 20.0. The Morgan fingerprint density at radius 3 is 2.14 bits per heavy atom. The SMILES string of the molecule is CC/C(C)=C(/N=C(\C=C(/C)C(F)(F)F)C(=O)[O-])N1CCC(N2CCCC2)CC1.[Na+]. The van der Waals surface area contributed by atoms with Gasteiger partial charge in [-0.1, -0.05) is 6.92 Å². The molecule has 5 nitrogen and oxygen atoms in total. The van der Waals surface area contributed by atoms with E-state index < -0.39 is 23.4 Å². The van der Waals surface area contributed by atoms with Crippen molar-refractivity contribution in [1.82, 2.24) is 9.80 Å². The van der Waals surface area contributed by atoms with Crippen molar-refractivity contribution in [3.63, 3.8) is 0 Å². The van der Waals surface area contributed by atoms with Crippen molar-refractivity contribution in [2.45, 2.75) is 65.1 Å². The van der Waals surface area contributed by atoms with Crippen LogP contribution in [0, 0.1) is 0 Å². The number of carboxylic acids is 1. The number of carbonyl (C=O) groups is 1. The molecule has 0 spiro atoms. The number of hydrogen-bond donors (Lipinski definition) is 0. The Morgan fingerprint density at radius 1 is 1.14 bits per heavy atom. The van der Waals surface area contributed by atoms with Crippen molar-refractivity contribution < 1.29 is 52.6 Å². The molecule has 0 unspecified atom stereocenters. The van der Waals surface area contributed by atoms with Crippen molar-refractivity contribution in [3.8, 4) is 0 Å². The second-order valence-corrected chi connectivity index (χ2v) is 7.53. The molecule has 2 rings (SSSR count). The number of halogens is 3. The second-order valence-electron chi connectivity index (χ2n) is 7.53. The van der Waals surface area contributed by atoms with Crippen molar-refractivity contribution in [2.24, 2.45) is 4.99 Å². The van der Waals surface area contributed by atoms with Crippen LogP contribution in [0.3, 0.4) is 0 Å². The number of likely N-dealkylation sites (tertiary alicyclic amines) is 2. The maximum absolute atomic E-state index is 12.8. The van der Waals surface area contributed by atoms with Gasteiger partial charge in [0.15, 0.2) is 0 Å². The maximum Gasteiger partial charge on any atom is 1.00 e. The average molecular weight is 423 g/mol. The van der Waals surface area contributed by atoms with Gasteiger partial charge in [0, 0.05) is 24.7 Å². The predicted molar refractivity (Wildman–Crippen MR) is 101 cm³/mol. The Labute approximate surface area is 193 Å². The number of aliphatic carboxylic acids is 1. The van der Waals surface area contributed by atoms with Crippen LogP contribution in [0.2, 0.25) is 0 Å². The maximum atomic E-state index is 12.8. The van der Waals surface area contributed by atoms with Crippen molar-refractivity contribution in [1.29, 1.82) is 0 Å². The summed E-state index contributed by atoms with van der Waals surface area (Å²) in [5.41, 5.74) is -0.868. The number of piperidine rings is 1. The second kappa shape index (κ2) is 11.5. The molecule has 0 bridgehead atoms. The topological polar surface area (TPSA) is 59.0 Å². The molecule has 2 heterocycles. The molecule has 2 aliphatic rings. The molecule has 0 aromatic rings. The van der Waals surface area contributed by atoms with E-state index in [1.165, 1.54) is 12.8 Å². The first kappa shape index (κ1) is 26.2. The third-order valence-electron chi connectivity index (χ3n) is 5.57. The van der Waals surface area contributed by atoms with Gasteiger partial charge in [-0.25, -0.2) is 4.99 Å². The first-order valence-corrected chi connectivity index (χ1v) is 9.87. The van der Waals surface area contributed by atoms with Gasteiger partial charge in [0.1, 0.15) is 5.82 Å². The molecule has 9 heteroatoms. The summed E-state index contributed by atoms with van der Waals surface area (Å²) < 4.78 is 38.5. The number of allylic oxidation sites excluding steroid dienone is 2. The smallest absolute Gasteiger partial charge is 0.543 e. The fourth-order valence-corrected chi connectivity index (χ4v) is 3.68. The molecule has 2 saturated heterocycles. The van der Waals surface area contributed by atoms with E-state index in [4.69, 9.17) is 0 Å². The number of rotatable bonds is 6. The van der Waals surface area contributed by atoms with Crippen molar-refractivity contribution in [3.05, 3.63) is 23.0 Å². The van der Waals surface area contributed by atoms with Gasteiger partial charge in [0.05, 0.1) is 11.7 Å². The number of carbonyl (C=O) groups excluding carboxylic acids is 1. The van der Waals surface area contributed by atoms with Crippen molar-refractivity contribution >= 4 is 11.7 Å². The van der Waals surface area contributed by atoms with Crippen LogP contribution in [0.4, 0.5) is 13.2 Å². The van der Waals surface area contributed by atoms with Gasteiger partial charge in [-0.05, 0) is 70.7 Å². The Morgan fingerprint density at radius 2 is 1.69 bits per heavy atom. The molecule has 0 saturated carbocycles. The average Bonchev–Trinajstić information content (AvgIpc) is 3.18. The van der Waals surface area contributed by atoms with E-state index in [0.717, 1.165) is 38.4 Å². The monoisotopic (exact) mass is 423 g/mol. The van der Waals surface area contributed by atoms with Crippen LogP contribution in [0.5, 0.6) is 0 Å². The van der Waals surface area contributed by atoms with Gasteiger partial charge in [-0.15, -0.1) is 0 Å². The van der Waals surface area contributed by atoms with Crippen LogP contribution in [-0.4, -0.2) is 59.9 Å². The molecule has 0 aromatic carbocycles. The minimum absolute atomic E-state index is 0. The zero-order chi connectivity index (χ0) is 20.9. The van der Waals surface area contributed by atoms with E-state index in [1.807, 2.05) is 18.7 Å². The van der Waals surface area contributed by atoms with E-state index >= 15 is 0 Å². The van der Waals surface area contributed by atoms with Crippen LogP contribution in [0.15, 0.2) is 28.0 Å². The molecule has 0 atom stereocenters. The van der Waals surface area contributed by atoms with Crippen LogP contribution >= 0.6 is 0 Å². The number of alkyl halides is 3. The Balaban J connectivity index is 0.00000420. The van der Waals surface area contributed by atoms with E-state index in [1.54, 1.807) is 0 Å². The van der Waals surface area contributed by atoms with E-state index in [9.17, 15) is 23.1 Å². The summed E-state index contributed by atoms with van der Waals surface area (Å²) in [5.74, 6) is -1.26. The Hall–Kier alpha value is -0.830. The molecule has 2 aliphatic heterocycles. The van der Waals surface area contributed by atoms with Gasteiger partial charge in [-0.3, -0.25) is 0 Å². The number of carboxylic acid groups (broad SMARTS) is 1. The molecule has 0 aliphatic carbocycles. The molecular weight excluding hydrogens is 394 g/mol. The molecule has 29 heavy (non-hydrogen) atoms. The van der Waals surface area contributed by atoms with Crippen molar-refractivity contribution in [2.75, 3.05) is 26.2 Å². The van der Waals surface area contributed by atoms with Gasteiger partial charge < -0.3 is 19.7 Å². The molecule has 0 aromatic heterocycles. The van der Waals surface area contributed by atoms with Crippen LogP contribution < -0.4 is 34.7 Å². The summed E-state index contributed by atoms with van der Waals surface area (Å²) >= 11 is 0. The standard InChI is InChI=1S/C20H30F3N3O2.Na/c1-4-14(2)18(24-17(19(27)28)13-15(3)20(21,22)23)26-11-7-16(8-12-26)25-9-5-6-10-25;/h13,16H,4-12H2,1-3H3,(H,27,28);/q;+1/p-1/b15-13+,18-14-,24-17+;. The summed E-state index contributed by atoms with van der Waals surface area (Å²) in [6.45, 7) is 8.23. The first-order valence-electron chi connectivity index (χ1n) is 9.87. The Bertz CT molecular complexity index is 660. The van der Waals surface area contributed by atoms with E-state index in [2.05, 4.69) is 9.89 Å². The fourth-order valence-electron chi connectivity index (χ4n) is 3.68. The zero-order valence-electron chi connectivity index (χ0n) is 17.8. The van der Waals surface area contributed by atoms with Crippen LogP contribution in [0.25, 0.3) is 0 Å². The van der Waals surface area contributed by atoms with E-state index in [0.29, 0.717) is 37.4 Å². The first-order chi connectivity index (χ1) is 13.1. The molecule has 158 valence electrons. The third-order valence-corrected chi connectivity index (χ3v) is 5.57. The number of hydrogen-bond acceptors (Lipinski definition) is 5. The third kappa shape index (κ3) is 7.42. The summed E-state index contributed by atoms with van der Waals surface area (Å²) in [6.07, 6.45) is 0.910. The van der Waals surface area contributed by atoms with E-state index in [-0.39, 0.29) is 29.6 Å². The predicted octanol–water partition coefficient (Wildman–Crippen LogP) is -0.108. The number of nitrogens with zero attached hydrogens (tertiary/aromatic N) is 3. The zero-order valence-corrected chi connectivity index (χ0v) is 19.8. The van der Waals surface area contributed by atoms with Crippen LogP contribution in [0.1, 0.15) is 52.9 Å². The molecule has 2 fully saturated rings. The van der Waals surface area contributed by atoms with Gasteiger partial charge >= 0.3 is 35.7 Å². The number of aliphatic imine (C=N–C) groups is 1. The largest absolute Gasteiger partial charge is 1.00 e. The molecule has 0 N–H and O–H groups in total.